The van der Waals surface area contributed by atoms with Crippen LogP contribution in [0.15, 0.2) is 17.1 Å². The van der Waals surface area contributed by atoms with E-state index in [1.54, 1.807) is 4.57 Å². The third kappa shape index (κ3) is 3.27. The van der Waals surface area contributed by atoms with Crippen molar-refractivity contribution < 1.29 is 19.0 Å². The Labute approximate surface area is 179 Å². The van der Waals surface area contributed by atoms with Crippen LogP contribution in [0.2, 0.25) is 0 Å². The molecule has 0 bridgehead atoms. The van der Waals surface area contributed by atoms with Crippen molar-refractivity contribution in [1.29, 1.82) is 0 Å². The Bertz CT molecular complexity index is 1110. The summed E-state index contributed by atoms with van der Waals surface area (Å²) in [6.07, 6.45) is 2.31. The van der Waals surface area contributed by atoms with E-state index in [1.165, 1.54) is 12.3 Å². The Morgan fingerprint density at radius 2 is 1.97 bits per heavy atom. The van der Waals surface area contributed by atoms with Gasteiger partial charge in [0.2, 0.25) is 5.43 Å². The molecule has 0 saturated carbocycles. The number of hydrogen-bond acceptors (Lipinski definition) is 6. The van der Waals surface area contributed by atoms with Gasteiger partial charge in [-0.1, -0.05) is 0 Å². The highest BCUT2D eigenvalue weighted by molar-refractivity contribution is 5.97. The van der Waals surface area contributed by atoms with E-state index in [0.717, 1.165) is 32.6 Å². The average Bonchev–Trinajstić information content (AvgIpc) is 3.21. The largest absolute Gasteiger partial charge is 0.487 e. The number of hydrogen-bond donors (Lipinski definition) is 1. The van der Waals surface area contributed by atoms with Gasteiger partial charge in [0.25, 0.3) is 0 Å². The predicted molar refractivity (Wildman–Crippen MR) is 115 cm³/mol. The first-order valence-electron chi connectivity index (χ1n) is 10.8. The quantitative estimate of drug-likeness (QED) is 0.793. The zero-order valence-electron chi connectivity index (χ0n) is 17.8. The van der Waals surface area contributed by atoms with Gasteiger partial charge in [0, 0.05) is 51.5 Å². The van der Waals surface area contributed by atoms with E-state index in [4.69, 9.17) is 4.74 Å². The Balaban J connectivity index is 1.57. The average molecular weight is 430 g/mol. The summed E-state index contributed by atoms with van der Waals surface area (Å²) in [5, 5.41) is 9.48. The number of nitrogens with zero attached hydrogens (tertiary/aromatic N) is 4. The second-order valence-corrected chi connectivity index (χ2v) is 8.90. The molecule has 4 heterocycles. The molecule has 31 heavy (non-hydrogen) atoms. The SMILES string of the molecule is C[C@H]1COc2c(N3CCC(N4CCN(C)CC4)C3)c(F)cc3c(=O)c(C(=O)O)cn1c23. The van der Waals surface area contributed by atoms with Crippen LogP contribution in [0.1, 0.15) is 29.7 Å². The van der Waals surface area contributed by atoms with Crippen LogP contribution in [-0.2, 0) is 0 Å². The maximum atomic E-state index is 15.4. The van der Waals surface area contributed by atoms with Crippen molar-refractivity contribution in [3.05, 3.63) is 33.9 Å². The molecule has 2 fully saturated rings. The van der Waals surface area contributed by atoms with Crippen molar-refractivity contribution in [2.24, 2.45) is 0 Å². The molecule has 1 aromatic heterocycles. The number of aromatic nitrogens is 1. The fraction of sp³-hybridized carbons (Fsp3) is 0.545. The number of rotatable bonds is 3. The number of aromatic carboxylic acids is 1. The Morgan fingerprint density at radius 1 is 1.23 bits per heavy atom. The van der Waals surface area contributed by atoms with Crippen molar-refractivity contribution in [2.45, 2.75) is 25.4 Å². The molecule has 166 valence electrons. The number of benzene rings is 1. The van der Waals surface area contributed by atoms with E-state index in [2.05, 4.69) is 16.8 Å². The molecule has 0 aliphatic carbocycles. The van der Waals surface area contributed by atoms with E-state index >= 15 is 4.39 Å². The summed E-state index contributed by atoms with van der Waals surface area (Å²) >= 11 is 0. The number of anilines is 1. The van der Waals surface area contributed by atoms with Crippen LogP contribution >= 0.6 is 0 Å². The summed E-state index contributed by atoms with van der Waals surface area (Å²) < 4.78 is 23.1. The summed E-state index contributed by atoms with van der Waals surface area (Å²) in [6, 6.07) is 1.38. The number of carboxylic acid groups (broad SMARTS) is 1. The molecule has 2 aromatic rings. The number of carboxylic acids is 1. The van der Waals surface area contributed by atoms with Crippen LogP contribution < -0.4 is 15.1 Å². The van der Waals surface area contributed by atoms with Crippen LogP contribution in [0.5, 0.6) is 5.75 Å². The summed E-state index contributed by atoms with van der Waals surface area (Å²) in [4.78, 5) is 31.1. The summed E-state index contributed by atoms with van der Waals surface area (Å²) in [7, 11) is 2.13. The normalized spacial score (nSPS) is 24.5. The van der Waals surface area contributed by atoms with E-state index in [0.29, 0.717) is 36.1 Å². The molecule has 2 saturated heterocycles. The van der Waals surface area contributed by atoms with Crippen molar-refractivity contribution in [3.8, 4) is 5.75 Å². The topological polar surface area (TPSA) is 78.2 Å². The first-order valence-corrected chi connectivity index (χ1v) is 10.8. The third-order valence-electron chi connectivity index (χ3n) is 6.91. The van der Waals surface area contributed by atoms with Crippen LogP contribution in [0.3, 0.4) is 0 Å². The standard InChI is InChI=1S/C22H27FN4O4/c1-13-12-31-21-18-15(20(28)16(22(29)30)11-27(13)18)9-17(23)19(21)26-4-3-14(10-26)25-7-5-24(2)6-8-25/h9,11,13-14H,3-8,10,12H2,1-2H3,(H,29,30)/t13-,14?/m0/s1. The molecule has 0 radical (unpaired) electrons. The fourth-order valence-corrected chi connectivity index (χ4v) is 5.09. The van der Waals surface area contributed by atoms with Crippen molar-refractivity contribution in [3.63, 3.8) is 0 Å². The fourth-order valence-electron chi connectivity index (χ4n) is 5.09. The molecule has 5 rings (SSSR count). The molecular formula is C22H27FN4O4. The van der Waals surface area contributed by atoms with Gasteiger partial charge in [0.05, 0.1) is 16.9 Å². The van der Waals surface area contributed by atoms with Crippen LogP contribution in [0.25, 0.3) is 10.9 Å². The molecule has 8 nitrogen and oxygen atoms in total. The molecule has 3 aliphatic heterocycles. The smallest absolute Gasteiger partial charge is 0.341 e. The number of likely N-dealkylation sites (N-methyl/N-ethyl adjacent to an activating group) is 1. The predicted octanol–water partition coefficient (Wildman–Crippen LogP) is 1.62. The minimum atomic E-state index is -1.31. The van der Waals surface area contributed by atoms with Gasteiger partial charge < -0.3 is 24.2 Å². The van der Waals surface area contributed by atoms with Gasteiger partial charge in [-0.05, 0) is 26.5 Å². The highest BCUT2D eigenvalue weighted by Gasteiger charge is 2.35. The molecule has 1 N–H and O–H groups in total. The maximum Gasteiger partial charge on any atom is 0.341 e. The summed E-state index contributed by atoms with van der Waals surface area (Å²) in [5.74, 6) is -1.50. The van der Waals surface area contributed by atoms with Crippen molar-refractivity contribution in [1.82, 2.24) is 14.4 Å². The second kappa shape index (κ2) is 7.49. The molecular weight excluding hydrogens is 403 g/mol. The second-order valence-electron chi connectivity index (χ2n) is 8.90. The van der Waals surface area contributed by atoms with Gasteiger partial charge in [0.1, 0.15) is 17.9 Å². The van der Waals surface area contributed by atoms with Gasteiger partial charge in [-0.15, -0.1) is 0 Å². The van der Waals surface area contributed by atoms with Crippen molar-refractivity contribution >= 4 is 22.6 Å². The van der Waals surface area contributed by atoms with E-state index < -0.39 is 17.2 Å². The van der Waals surface area contributed by atoms with Gasteiger partial charge in [-0.2, -0.15) is 0 Å². The van der Waals surface area contributed by atoms with Gasteiger partial charge in [0.15, 0.2) is 11.6 Å². The minimum absolute atomic E-state index is 0.0533. The lowest BCUT2D eigenvalue weighted by Gasteiger charge is -2.36. The summed E-state index contributed by atoms with van der Waals surface area (Å²) in [6.45, 7) is 7.67. The highest BCUT2D eigenvalue weighted by Crippen LogP contribution is 2.43. The molecule has 3 aliphatic rings. The van der Waals surface area contributed by atoms with E-state index in [-0.39, 0.29) is 23.6 Å². The summed E-state index contributed by atoms with van der Waals surface area (Å²) in [5.41, 5.74) is -0.170. The van der Waals surface area contributed by atoms with Crippen LogP contribution in [0, 0.1) is 5.82 Å². The Hall–Kier alpha value is -2.65. The number of halogens is 1. The third-order valence-corrected chi connectivity index (χ3v) is 6.91. The lowest BCUT2D eigenvalue weighted by Crippen LogP contribution is -2.49. The highest BCUT2D eigenvalue weighted by atomic mass is 19.1. The van der Waals surface area contributed by atoms with E-state index in [1.807, 2.05) is 11.8 Å². The van der Waals surface area contributed by atoms with Gasteiger partial charge in [-0.25, -0.2) is 9.18 Å². The molecule has 2 atom stereocenters. The first-order chi connectivity index (χ1) is 14.8. The van der Waals surface area contributed by atoms with Crippen LogP contribution in [-0.4, -0.2) is 84.4 Å². The number of pyridine rings is 1. The minimum Gasteiger partial charge on any atom is -0.487 e. The molecule has 1 unspecified atom stereocenters. The van der Waals surface area contributed by atoms with E-state index in [9.17, 15) is 14.7 Å². The number of ether oxygens (including phenoxy) is 1. The molecule has 1 aromatic carbocycles. The van der Waals surface area contributed by atoms with Crippen molar-refractivity contribution in [2.75, 3.05) is 57.8 Å². The molecule has 0 spiro atoms. The number of piperazine rings is 1. The monoisotopic (exact) mass is 430 g/mol. The first kappa shape index (κ1) is 20.3. The number of carbonyl (C=O) groups is 1. The maximum absolute atomic E-state index is 15.4. The zero-order valence-corrected chi connectivity index (χ0v) is 17.8. The Kier molecular flexibility index (Phi) is 4.90. The lowest BCUT2D eigenvalue weighted by molar-refractivity contribution is 0.0694. The molecule has 0 amide bonds. The van der Waals surface area contributed by atoms with Crippen LogP contribution in [0.4, 0.5) is 10.1 Å². The van der Waals surface area contributed by atoms with Gasteiger partial charge in [-0.3, -0.25) is 9.69 Å². The zero-order chi connectivity index (χ0) is 21.9. The molecule has 9 heteroatoms. The Morgan fingerprint density at radius 3 is 2.68 bits per heavy atom. The van der Waals surface area contributed by atoms with Gasteiger partial charge >= 0.3 is 5.97 Å². The lowest BCUT2D eigenvalue weighted by atomic mass is 10.1.